The molecule has 0 aliphatic carbocycles. The molecular formula is C28H22FN3O2. The molecule has 1 amide bonds. The van der Waals surface area contributed by atoms with Crippen molar-refractivity contribution in [1.29, 1.82) is 0 Å². The van der Waals surface area contributed by atoms with Crippen LogP contribution in [0.4, 0.5) is 10.1 Å². The Morgan fingerprint density at radius 2 is 1.76 bits per heavy atom. The first-order chi connectivity index (χ1) is 16.4. The minimum absolute atomic E-state index is 0.254. The lowest BCUT2D eigenvalue weighted by molar-refractivity contribution is 0.102. The third kappa shape index (κ3) is 4.52. The summed E-state index contributed by atoms with van der Waals surface area (Å²) < 4.78 is 20.9. The fraction of sp³-hybridized carbons (Fsp3) is 0.0714. The number of nitrogens with zero attached hydrogens (tertiary/aromatic N) is 2. The molecule has 5 rings (SSSR count). The molecule has 1 N–H and O–H groups in total. The first-order valence-electron chi connectivity index (χ1n) is 10.9. The smallest absolute Gasteiger partial charge is 0.255 e. The minimum Gasteiger partial charge on any atom is -0.457 e. The summed E-state index contributed by atoms with van der Waals surface area (Å²) in [4.78, 5) is 17.7. The number of hydrogen-bond donors (Lipinski definition) is 1. The normalized spacial score (nSPS) is 10.9. The predicted molar refractivity (Wildman–Crippen MR) is 131 cm³/mol. The molecule has 0 spiro atoms. The Balaban J connectivity index is 1.37. The van der Waals surface area contributed by atoms with Gasteiger partial charge in [-0.2, -0.15) is 0 Å². The van der Waals surface area contributed by atoms with E-state index in [0.717, 1.165) is 28.0 Å². The summed E-state index contributed by atoms with van der Waals surface area (Å²) in [6.45, 7) is 3.98. The standard InChI is InChI=1S/C28H22FN3O2/c1-18-12-13-32-17-26(30-27(32)14-18)20-7-6-19(2)25(16-20)31-28(33)21-4-3-5-24(15-21)34-23-10-8-22(29)9-11-23/h3-17H,1-2H3,(H,31,33). The number of carbonyl (C=O) groups excluding carboxylic acids is 1. The third-order valence-electron chi connectivity index (χ3n) is 5.54. The van der Waals surface area contributed by atoms with Gasteiger partial charge < -0.3 is 14.5 Å². The van der Waals surface area contributed by atoms with Gasteiger partial charge in [-0.3, -0.25) is 4.79 Å². The highest BCUT2D eigenvalue weighted by molar-refractivity contribution is 6.05. The Hall–Kier alpha value is -4.45. The molecule has 0 saturated heterocycles. The van der Waals surface area contributed by atoms with Crippen molar-refractivity contribution in [3.63, 3.8) is 0 Å². The number of ether oxygens (including phenoxy) is 1. The number of imidazole rings is 1. The van der Waals surface area contributed by atoms with Crippen molar-refractivity contribution in [1.82, 2.24) is 9.38 Å². The van der Waals surface area contributed by atoms with Crippen molar-refractivity contribution in [3.8, 4) is 22.8 Å². The van der Waals surface area contributed by atoms with Gasteiger partial charge in [-0.1, -0.05) is 18.2 Å². The number of anilines is 1. The summed E-state index contributed by atoms with van der Waals surface area (Å²) in [6, 6.07) is 22.6. The Morgan fingerprint density at radius 3 is 2.59 bits per heavy atom. The van der Waals surface area contributed by atoms with Crippen LogP contribution >= 0.6 is 0 Å². The molecule has 34 heavy (non-hydrogen) atoms. The second-order valence-electron chi connectivity index (χ2n) is 8.16. The largest absolute Gasteiger partial charge is 0.457 e. The Labute approximate surface area is 196 Å². The molecule has 2 aromatic heterocycles. The van der Waals surface area contributed by atoms with Gasteiger partial charge >= 0.3 is 0 Å². The second kappa shape index (κ2) is 8.83. The molecule has 5 nitrogen and oxygen atoms in total. The summed E-state index contributed by atoms with van der Waals surface area (Å²) in [5.74, 6) is 0.391. The highest BCUT2D eigenvalue weighted by atomic mass is 19.1. The number of fused-ring (bicyclic) bond motifs is 1. The van der Waals surface area contributed by atoms with Crippen LogP contribution in [0.25, 0.3) is 16.9 Å². The quantitative estimate of drug-likeness (QED) is 0.320. The molecule has 0 unspecified atom stereocenters. The molecule has 0 aliphatic heterocycles. The molecule has 3 aromatic carbocycles. The Kier molecular flexibility index (Phi) is 5.55. The zero-order chi connectivity index (χ0) is 23.7. The molecule has 0 aliphatic rings. The van der Waals surface area contributed by atoms with Crippen molar-refractivity contribution < 1.29 is 13.9 Å². The molecule has 0 atom stereocenters. The summed E-state index contributed by atoms with van der Waals surface area (Å²) in [6.07, 6.45) is 3.96. The number of nitrogens with one attached hydrogen (secondary N) is 1. The van der Waals surface area contributed by atoms with Crippen LogP contribution in [0, 0.1) is 19.7 Å². The van der Waals surface area contributed by atoms with Crippen molar-refractivity contribution in [2.45, 2.75) is 13.8 Å². The topological polar surface area (TPSA) is 55.6 Å². The van der Waals surface area contributed by atoms with E-state index in [-0.39, 0.29) is 11.7 Å². The molecule has 0 radical (unpaired) electrons. The van der Waals surface area contributed by atoms with Crippen LogP contribution in [0.1, 0.15) is 21.5 Å². The van der Waals surface area contributed by atoms with Gasteiger partial charge in [0.25, 0.3) is 5.91 Å². The second-order valence-corrected chi connectivity index (χ2v) is 8.16. The van der Waals surface area contributed by atoms with E-state index in [4.69, 9.17) is 9.72 Å². The van der Waals surface area contributed by atoms with E-state index in [2.05, 4.69) is 5.32 Å². The number of rotatable bonds is 5. The molecule has 0 saturated carbocycles. The minimum atomic E-state index is -0.336. The molecule has 5 aromatic rings. The van der Waals surface area contributed by atoms with Crippen molar-refractivity contribution in [3.05, 3.63) is 114 Å². The molecule has 168 valence electrons. The van der Waals surface area contributed by atoms with Gasteiger partial charge in [0, 0.05) is 29.2 Å². The van der Waals surface area contributed by atoms with Gasteiger partial charge in [0.1, 0.15) is 23.0 Å². The lowest BCUT2D eigenvalue weighted by Gasteiger charge is -2.11. The third-order valence-corrected chi connectivity index (χ3v) is 5.54. The molecular weight excluding hydrogens is 429 g/mol. The van der Waals surface area contributed by atoms with Crippen LogP contribution in [-0.2, 0) is 0 Å². The van der Waals surface area contributed by atoms with E-state index in [1.54, 1.807) is 24.3 Å². The monoisotopic (exact) mass is 451 g/mol. The number of benzene rings is 3. The average molecular weight is 452 g/mol. The SMILES string of the molecule is Cc1ccn2cc(-c3ccc(C)c(NC(=O)c4cccc(Oc5ccc(F)cc5)c4)c3)nc2c1. The van der Waals surface area contributed by atoms with Gasteiger partial charge in [-0.05, 0) is 85.6 Å². The number of aromatic nitrogens is 2. The van der Waals surface area contributed by atoms with Crippen molar-refractivity contribution >= 4 is 17.2 Å². The number of pyridine rings is 1. The van der Waals surface area contributed by atoms with Gasteiger partial charge in [0.15, 0.2) is 0 Å². The van der Waals surface area contributed by atoms with Crippen LogP contribution in [-0.4, -0.2) is 15.3 Å². The van der Waals surface area contributed by atoms with Crippen LogP contribution < -0.4 is 10.1 Å². The molecule has 0 fully saturated rings. The van der Waals surface area contributed by atoms with E-state index >= 15 is 0 Å². The first-order valence-corrected chi connectivity index (χ1v) is 10.9. The number of carbonyl (C=O) groups is 1. The Bertz CT molecular complexity index is 1510. The van der Waals surface area contributed by atoms with Gasteiger partial charge in [-0.25, -0.2) is 9.37 Å². The fourth-order valence-electron chi connectivity index (χ4n) is 3.67. The number of halogens is 1. The molecule has 6 heteroatoms. The maximum Gasteiger partial charge on any atom is 0.255 e. The lowest BCUT2D eigenvalue weighted by atomic mass is 10.1. The van der Waals surface area contributed by atoms with E-state index in [1.807, 2.05) is 61.0 Å². The van der Waals surface area contributed by atoms with Gasteiger partial charge in [0.2, 0.25) is 0 Å². The number of amides is 1. The van der Waals surface area contributed by atoms with Crippen LogP contribution in [0.5, 0.6) is 11.5 Å². The maximum atomic E-state index is 13.1. The lowest BCUT2D eigenvalue weighted by Crippen LogP contribution is -2.12. The van der Waals surface area contributed by atoms with Crippen LogP contribution in [0.3, 0.4) is 0 Å². The number of aryl methyl sites for hydroxylation is 2. The maximum absolute atomic E-state index is 13.1. The fourth-order valence-corrected chi connectivity index (χ4v) is 3.67. The van der Waals surface area contributed by atoms with Gasteiger partial charge in [-0.15, -0.1) is 0 Å². The summed E-state index contributed by atoms with van der Waals surface area (Å²) >= 11 is 0. The van der Waals surface area contributed by atoms with E-state index in [9.17, 15) is 9.18 Å². The predicted octanol–water partition coefficient (Wildman–Crippen LogP) is 6.80. The van der Waals surface area contributed by atoms with Crippen LogP contribution in [0.15, 0.2) is 91.3 Å². The van der Waals surface area contributed by atoms with Crippen molar-refractivity contribution in [2.24, 2.45) is 0 Å². The highest BCUT2D eigenvalue weighted by Gasteiger charge is 2.12. The van der Waals surface area contributed by atoms with E-state index in [0.29, 0.717) is 22.7 Å². The summed E-state index contributed by atoms with van der Waals surface area (Å²) in [5.41, 5.74) is 5.86. The average Bonchev–Trinajstić information content (AvgIpc) is 3.25. The zero-order valence-electron chi connectivity index (χ0n) is 18.7. The summed E-state index contributed by atoms with van der Waals surface area (Å²) in [7, 11) is 0. The number of hydrogen-bond acceptors (Lipinski definition) is 3. The molecule has 0 bridgehead atoms. The zero-order valence-corrected chi connectivity index (χ0v) is 18.7. The summed E-state index contributed by atoms with van der Waals surface area (Å²) in [5, 5.41) is 3.00. The van der Waals surface area contributed by atoms with Crippen molar-refractivity contribution in [2.75, 3.05) is 5.32 Å². The first kappa shape index (κ1) is 21.4. The van der Waals surface area contributed by atoms with E-state index < -0.39 is 0 Å². The van der Waals surface area contributed by atoms with Gasteiger partial charge in [0.05, 0.1) is 5.69 Å². The Morgan fingerprint density at radius 1 is 0.941 bits per heavy atom. The van der Waals surface area contributed by atoms with Crippen LogP contribution in [0.2, 0.25) is 0 Å². The van der Waals surface area contributed by atoms with E-state index in [1.165, 1.54) is 24.3 Å². The molecule has 2 heterocycles. The highest BCUT2D eigenvalue weighted by Crippen LogP contribution is 2.27.